The lowest BCUT2D eigenvalue weighted by molar-refractivity contribution is -0.153. The van der Waals surface area contributed by atoms with Gasteiger partial charge in [-0.1, -0.05) is 0 Å². The maximum atomic E-state index is 16.0. The van der Waals surface area contributed by atoms with E-state index in [9.17, 15) is 23.1 Å². The molecule has 0 spiro atoms. The zero-order valence-corrected chi connectivity index (χ0v) is 22.7. The number of rotatable bonds is 11. The normalized spacial score (nSPS) is 16.1. The van der Waals surface area contributed by atoms with E-state index in [0.29, 0.717) is 60.4 Å². The Morgan fingerprint density at radius 3 is 2.40 bits per heavy atom. The molecule has 0 amide bonds. The summed E-state index contributed by atoms with van der Waals surface area (Å²) in [4.78, 5) is 20.6. The number of fused-ring (bicyclic) bond motifs is 1. The molecule has 0 bridgehead atoms. The lowest BCUT2D eigenvalue weighted by Gasteiger charge is -2.39. The van der Waals surface area contributed by atoms with Gasteiger partial charge in [0.2, 0.25) is 0 Å². The van der Waals surface area contributed by atoms with Crippen LogP contribution < -0.4 is 14.4 Å². The predicted octanol–water partition coefficient (Wildman–Crippen LogP) is 5.76. The molecular weight excluding hydrogens is 530 g/mol. The summed E-state index contributed by atoms with van der Waals surface area (Å²) in [5.41, 5.74) is 0.619. The quantitative estimate of drug-likeness (QED) is 0.235. The Balaban J connectivity index is 1.40. The van der Waals surface area contributed by atoms with E-state index in [0.717, 1.165) is 12.1 Å². The van der Waals surface area contributed by atoms with Gasteiger partial charge < -0.3 is 19.5 Å². The number of carbonyl (C=O) groups is 1. The zero-order valence-electron chi connectivity index (χ0n) is 22.7. The summed E-state index contributed by atoms with van der Waals surface area (Å²) in [5, 5.41) is 10.8. The zero-order chi connectivity index (χ0) is 29.0. The third-order valence-corrected chi connectivity index (χ3v) is 7.67. The Morgan fingerprint density at radius 2 is 1.80 bits per heavy atom. The number of benzene rings is 2. The maximum absolute atomic E-state index is 16.0. The Morgan fingerprint density at radius 1 is 1.12 bits per heavy atom. The highest BCUT2D eigenvalue weighted by atomic mass is 19.2. The Labute approximate surface area is 230 Å². The number of hydrogen-bond acceptors (Lipinski definition) is 6. The highest BCUT2D eigenvalue weighted by Gasteiger charge is 2.42. The third kappa shape index (κ3) is 6.24. The van der Waals surface area contributed by atoms with Gasteiger partial charge >= 0.3 is 5.97 Å². The van der Waals surface area contributed by atoms with Gasteiger partial charge in [-0.25, -0.2) is 17.6 Å². The number of hydrogen-bond donors (Lipinski definition) is 1. The number of aromatic nitrogens is 1. The van der Waals surface area contributed by atoms with Crippen LogP contribution in [0.5, 0.6) is 11.5 Å². The van der Waals surface area contributed by atoms with Crippen LogP contribution in [0.15, 0.2) is 36.5 Å². The first kappa shape index (κ1) is 29.4. The molecule has 3 aromatic rings. The van der Waals surface area contributed by atoms with Gasteiger partial charge in [0.1, 0.15) is 24.3 Å². The van der Waals surface area contributed by atoms with Crippen LogP contribution in [-0.4, -0.2) is 68.4 Å². The van der Waals surface area contributed by atoms with Crippen LogP contribution >= 0.6 is 0 Å². The molecule has 2 heterocycles. The third-order valence-electron chi connectivity index (χ3n) is 7.67. The highest BCUT2D eigenvalue weighted by molar-refractivity contribution is 5.88. The number of likely N-dealkylation sites (tertiary alicyclic amines) is 1. The molecule has 0 radical (unpaired) electrons. The van der Waals surface area contributed by atoms with E-state index in [1.54, 1.807) is 43.4 Å². The van der Waals surface area contributed by atoms with Gasteiger partial charge in [-0.2, -0.15) is 0 Å². The molecule has 1 aliphatic heterocycles. The molecule has 1 N–H and O–H groups in total. The van der Waals surface area contributed by atoms with E-state index in [1.807, 2.05) is 4.90 Å². The number of carboxylic acid groups (broad SMARTS) is 1. The number of pyridine rings is 1. The van der Waals surface area contributed by atoms with Crippen LogP contribution in [0.25, 0.3) is 10.9 Å². The fraction of sp³-hybridized carbons (Fsp3) is 0.448. The molecule has 1 atom stereocenters. The van der Waals surface area contributed by atoms with Crippen molar-refractivity contribution in [1.82, 2.24) is 9.88 Å². The number of piperidine rings is 1. The van der Waals surface area contributed by atoms with E-state index >= 15 is 4.39 Å². The number of anilines is 1. The van der Waals surface area contributed by atoms with Gasteiger partial charge in [-0.05, 0) is 57.0 Å². The molecule has 0 unspecified atom stereocenters. The molecule has 2 aromatic carbocycles. The predicted molar refractivity (Wildman–Crippen MR) is 143 cm³/mol. The summed E-state index contributed by atoms with van der Waals surface area (Å²) in [5.74, 6) is -4.73. The van der Waals surface area contributed by atoms with Gasteiger partial charge in [0.15, 0.2) is 17.5 Å². The van der Waals surface area contributed by atoms with Crippen molar-refractivity contribution >= 4 is 22.6 Å². The summed E-state index contributed by atoms with van der Waals surface area (Å²) < 4.78 is 66.6. The number of halogens is 4. The number of methoxy groups -OCH3 is 1. The molecular formula is C29H33F4N3O4. The molecule has 7 nitrogen and oxygen atoms in total. The second-order valence-corrected chi connectivity index (χ2v) is 10.3. The molecule has 1 saturated heterocycles. The fourth-order valence-electron chi connectivity index (χ4n) is 5.23. The minimum atomic E-state index is -1.56. The van der Waals surface area contributed by atoms with Crippen molar-refractivity contribution in [1.29, 1.82) is 0 Å². The molecule has 1 aromatic heterocycles. The SMILES string of the molecule is COc1ccc2ncc(N(C)C)c([C@H](F)CCC3(C(=O)O)CCN(CCOc4cc(F)c(F)c(F)c4)CC3)c2c1. The van der Waals surface area contributed by atoms with Crippen LogP contribution in [0.4, 0.5) is 23.2 Å². The second kappa shape index (κ2) is 12.3. The molecule has 4 rings (SSSR count). The van der Waals surface area contributed by atoms with E-state index in [1.165, 1.54) is 7.11 Å². The van der Waals surface area contributed by atoms with Crippen LogP contribution in [0.3, 0.4) is 0 Å². The lowest BCUT2D eigenvalue weighted by Crippen LogP contribution is -2.45. The van der Waals surface area contributed by atoms with Crippen molar-refractivity contribution in [3.8, 4) is 11.5 Å². The Kier molecular flexibility index (Phi) is 9.02. The molecule has 0 aliphatic carbocycles. The molecule has 40 heavy (non-hydrogen) atoms. The van der Waals surface area contributed by atoms with Gasteiger partial charge in [-0.3, -0.25) is 14.7 Å². The van der Waals surface area contributed by atoms with Gasteiger partial charge in [-0.15, -0.1) is 0 Å². The van der Waals surface area contributed by atoms with Crippen LogP contribution in [-0.2, 0) is 4.79 Å². The number of ether oxygens (including phenoxy) is 2. The van der Waals surface area contributed by atoms with Crippen molar-refractivity contribution in [2.45, 2.75) is 31.9 Å². The lowest BCUT2D eigenvalue weighted by atomic mass is 9.74. The van der Waals surface area contributed by atoms with Crippen molar-refractivity contribution < 1.29 is 36.9 Å². The smallest absolute Gasteiger partial charge is 0.309 e. The molecule has 1 aliphatic rings. The van der Waals surface area contributed by atoms with E-state index in [-0.39, 0.29) is 25.2 Å². The van der Waals surface area contributed by atoms with Gasteiger partial charge in [0, 0.05) is 43.7 Å². The summed E-state index contributed by atoms with van der Waals surface area (Å²) in [7, 11) is 5.15. The van der Waals surface area contributed by atoms with Crippen molar-refractivity contribution in [3.63, 3.8) is 0 Å². The van der Waals surface area contributed by atoms with E-state index in [2.05, 4.69) is 4.98 Å². The number of aliphatic carboxylic acids is 1. The van der Waals surface area contributed by atoms with Crippen LogP contribution in [0, 0.1) is 22.9 Å². The molecule has 216 valence electrons. The molecule has 0 saturated carbocycles. The average Bonchev–Trinajstić information content (AvgIpc) is 2.94. The summed E-state index contributed by atoms with van der Waals surface area (Å²) >= 11 is 0. The first-order chi connectivity index (χ1) is 19.0. The average molecular weight is 564 g/mol. The van der Waals surface area contributed by atoms with E-state index < -0.39 is 35.0 Å². The fourth-order valence-corrected chi connectivity index (χ4v) is 5.23. The van der Waals surface area contributed by atoms with E-state index in [4.69, 9.17) is 9.47 Å². The van der Waals surface area contributed by atoms with Crippen LogP contribution in [0.2, 0.25) is 0 Å². The number of alkyl halides is 1. The molecule has 11 heteroatoms. The monoisotopic (exact) mass is 563 g/mol. The first-order valence-electron chi connectivity index (χ1n) is 13.1. The van der Waals surface area contributed by atoms with Crippen molar-refractivity contribution in [2.75, 3.05) is 52.3 Å². The van der Waals surface area contributed by atoms with Gasteiger partial charge in [0.05, 0.1) is 29.9 Å². The second-order valence-electron chi connectivity index (χ2n) is 10.3. The number of carboxylic acids is 1. The summed E-state index contributed by atoms with van der Waals surface area (Å²) in [6, 6.07) is 6.84. The summed E-state index contributed by atoms with van der Waals surface area (Å²) in [6.45, 7) is 1.36. The largest absolute Gasteiger partial charge is 0.497 e. The highest BCUT2D eigenvalue weighted by Crippen LogP contribution is 2.43. The Hall–Kier alpha value is -3.60. The minimum Gasteiger partial charge on any atom is -0.497 e. The van der Waals surface area contributed by atoms with Crippen LogP contribution in [0.1, 0.15) is 37.4 Å². The first-order valence-corrected chi connectivity index (χ1v) is 13.1. The standard InChI is InChI=1S/C29H33F4N3O4/c1-35(2)25-17-34-24-5-4-18(39-3)14-20(24)26(25)21(30)6-7-29(28(37)38)8-10-36(11-9-29)12-13-40-19-15-22(31)27(33)23(32)16-19/h4-5,14-17,21H,6-13H2,1-3H3,(H,37,38)/t21-/m1/s1. The maximum Gasteiger partial charge on any atom is 0.309 e. The van der Waals surface area contributed by atoms with Crippen molar-refractivity contribution in [2.24, 2.45) is 5.41 Å². The number of nitrogens with zero attached hydrogens (tertiary/aromatic N) is 3. The minimum absolute atomic E-state index is 0.0221. The van der Waals surface area contributed by atoms with Gasteiger partial charge in [0.25, 0.3) is 0 Å². The summed E-state index contributed by atoms with van der Waals surface area (Å²) in [6.07, 6.45) is 1.02. The Bertz CT molecular complexity index is 1340. The molecule has 1 fully saturated rings. The topological polar surface area (TPSA) is 75.1 Å². The van der Waals surface area contributed by atoms with Crippen molar-refractivity contribution in [3.05, 3.63) is 59.5 Å².